The zero-order chi connectivity index (χ0) is 53.0. The number of aromatic nitrogens is 4. The fourth-order valence-electron chi connectivity index (χ4n) is 9.46. The second kappa shape index (κ2) is 22.1. The highest BCUT2D eigenvalue weighted by Crippen LogP contribution is 2.44. The predicted molar refractivity (Wildman–Crippen MR) is 292 cm³/mol. The van der Waals surface area contributed by atoms with E-state index in [1.807, 2.05) is 152 Å². The zero-order valence-corrected chi connectivity index (χ0v) is 43.7. The lowest BCUT2D eigenvalue weighted by molar-refractivity contribution is -0.154. The molecule has 76 heavy (non-hydrogen) atoms. The number of aromatic amines is 1. The number of β-lactam (4-membered cyclic amide) rings is 1. The molecule has 10 rings (SSSR count). The second-order valence-electron chi connectivity index (χ2n) is 18.2. The van der Waals surface area contributed by atoms with E-state index < -0.39 is 63.9 Å². The number of H-pyrrole nitrogens is 1. The lowest BCUT2D eigenvalue weighted by atomic mass is 9.77. The van der Waals surface area contributed by atoms with Crippen molar-refractivity contribution in [2.45, 2.75) is 55.3 Å². The van der Waals surface area contributed by atoms with Gasteiger partial charge in [-0.3, -0.25) is 28.6 Å². The smallest absolute Gasteiger partial charge is 0.356 e. The Morgan fingerprint density at radius 1 is 0.882 bits per heavy atom. The molecular weight excluding hydrogens is 1020 g/mol. The van der Waals surface area contributed by atoms with Crippen LogP contribution in [0.5, 0.6) is 0 Å². The molecular formula is C56H50N8O9S3. The summed E-state index contributed by atoms with van der Waals surface area (Å²) in [6.45, 7) is 3.53. The first-order chi connectivity index (χ1) is 36.8. The highest BCUT2D eigenvalue weighted by Gasteiger charge is 2.55. The average Bonchev–Trinajstić information content (AvgIpc) is 4.07. The number of amides is 2. The normalized spacial score (nSPS) is 18.5. The quantitative estimate of drug-likeness (QED) is 0.0135. The van der Waals surface area contributed by atoms with E-state index in [-0.39, 0.29) is 46.7 Å². The topological polar surface area (TPSA) is 208 Å². The maximum Gasteiger partial charge on any atom is 0.356 e. The van der Waals surface area contributed by atoms with Crippen molar-refractivity contribution in [2.75, 3.05) is 24.8 Å². The van der Waals surface area contributed by atoms with Gasteiger partial charge in [-0.05, 0) is 53.3 Å². The number of hydrogen-bond acceptors (Lipinski definition) is 16. The molecule has 3 aliphatic rings. The number of anilines is 1. The Morgan fingerprint density at radius 2 is 1.45 bits per heavy atom. The molecule has 5 heterocycles. The van der Waals surface area contributed by atoms with Crippen LogP contribution in [0.2, 0.25) is 0 Å². The summed E-state index contributed by atoms with van der Waals surface area (Å²) in [5.41, 5.74) is 1.60. The van der Waals surface area contributed by atoms with Gasteiger partial charge >= 0.3 is 17.1 Å². The number of rotatable bonds is 17. The summed E-state index contributed by atoms with van der Waals surface area (Å²) in [5, 5.41) is 18.5. The zero-order valence-electron chi connectivity index (χ0n) is 41.2. The Hall–Kier alpha value is -7.88. The van der Waals surface area contributed by atoms with E-state index in [1.54, 1.807) is 19.2 Å². The van der Waals surface area contributed by atoms with Crippen LogP contribution < -0.4 is 21.8 Å². The Kier molecular flexibility index (Phi) is 15.0. The van der Waals surface area contributed by atoms with Crippen LogP contribution in [0.4, 0.5) is 5.13 Å². The van der Waals surface area contributed by atoms with Gasteiger partial charge in [-0.25, -0.2) is 14.9 Å². The molecule has 3 atom stereocenters. The van der Waals surface area contributed by atoms with Gasteiger partial charge in [0.05, 0.1) is 13.2 Å². The van der Waals surface area contributed by atoms with E-state index in [9.17, 15) is 24.0 Å². The number of esters is 1. The number of thiazole rings is 1. The van der Waals surface area contributed by atoms with Crippen LogP contribution in [0.15, 0.2) is 189 Å². The number of ether oxygens (including phenoxy) is 3. The number of nitrogens with zero attached hydrogens (tertiary/aromatic N) is 5. The molecule has 5 aromatic carbocycles. The first-order valence-corrected chi connectivity index (χ1v) is 26.5. The summed E-state index contributed by atoms with van der Waals surface area (Å²) in [4.78, 5) is 81.5. The number of benzene rings is 5. The first-order valence-electron chi connectivity index (χ1n) is 24.1. The summed E-state index contributed by atoms with van der Waals surface area (Å²) < 4.78 is 19.2. The van der Waals surface area contributed by atoms with Gasteiger partial charge in [0.25, 0.3) is 11.8 Å². The molecule has 3 aliphatic heterocycles. The molecule has 0 bridgehead atoms. The van der Waals surface area contributed by atoms with Crippen LogP contribution in [0.25, 0.3) is 4.91 Å². The number of fused-ring (bicyclic) bond motifs is 1. The molecule has 0 aliphatic carbocycles. The fraction of sp³-hybridized carbons (Fsp3) is 0.214. The largest absolute Gasteiger partial charge is 0.448 e. The summed E-state index contributed by atoms with van der Waals surface area (Å²) in [5.74, 6) is -3.05. The maximum atomic E-state index is 14.9. The Labute approximate surface area is 450 Å². The van der Waals surface area contributed by atoms with Crippen LogP contribution in [-0.2, 0) is 45.5 Å². The summed E-state index contributed by atoms with van der Waals surface area (Å²) in [6, 6.07) is 47.2. The lowest BCUT2D eigenvalue weighted by Crippen LogP contribution is -2.71. The standard InChI is InChI=1S/C56H50N8O9S3/c1-55(2)71-31-40(73-55)30-63-47(60-61-49(66)51(63)68)42(74)29-36-32-75-52-44(50(67)64(52)45(36)53(69)72-46(34-19-9-4-10-20-34)35-21-11-5-12-22-35)58-48(65)43(62-70-3)41-33-76-54(57-41)59-56(37-23-13-6-14-24-37,38-25-15-7-16-26-38)39-27-17-8-18-28-39/h4-29,33,40,44,46,52,74H,30-32H2,1-3H3,(H,57,59)(H,58,65)(H,61,66). The van der Waals surface area contributed by atoms with Gasteiger partial charge in [0.1, 0.15) is 41.6 Å². The molecule has 386 valence electrons. The fourth-order valence-corrected chi connectivity index (χ4v) is 11.8. The summed E-state index contributed by atoms with van der Waals surface area (Å²) >= 11 is 7.31. The molecule has 2 amide bonds. The Morgan fingerprint density at radius 3 is 1.99 bits per heavy atom. The molecule has 0 spiro atoms. The SMILES string of the molecule is CON=C(C(=O)NC1C(=O)N2C(C(=O)OC(c3ccccc3)c3ccccc3)=C(C=C(S)c3n[nH]c(=O)c(=O)n3CC3COC(C)(C)O3)CSC12)c1csc(NC(c2ccccc2)(c2ccccc2)c2ccccc2)n1. The molecule has 7 aromatic rings. The molecule has 2 fully saturated rings. The third-order valence-corrected chi connectivity index (χ3v) is 15.3. The minimum absolute atomic E-state index is 0.0312. The molecule has 0 saturated carbocycles. The summed E-state index contributed by atoms with van der Waals surface area (Å²) in [7, 11) is 1.31. The van der Waals surface area contributed by atoms with E-state index in [2.05, 4.69) is 26.0 Å². The van der Waals surface area contributed by atoms with E-state index >= 15 is 0 Å². The average molecular weight is 1080 g/mol. The van der Waals surface area contributed by atoms with Gasteiger partial charge in [0.15, 0.2) is 28.6 Å². The molecule has 2 aromatic heterocycles. The maximum absolute atomic E-state index is 14.9. The minimum atomic E-state index is -1.13. The van der Waals surface area contributed by atoms with Crippen LogP contribution in [0.3, 0.4) is 0 Å². The minimum Gasteiger partial charge on any atom is -0.448 e. The molecule has 3 N–H and O–H groups in total. The van der Waals surface area contributed by atoms with Gasteiger partial charge in [0.2, 0.25) is 0 Å². The second-order valence-corrected chi connectivity index (χ2v) is 20.7. The van der Waals surface area contributed by atoms with Crippen molar-refractivity contribution in [3.8, 4) is 0 Å². The lowest BCUT2D eigenvalue weighted by Gasteiger charge is -2.49. The van der Waals surface area contributed by atoms with Gasteiger partial charge < -0.3 is 29.7 Å². The van der Waals surface area contributed by atoms with E-state index in [0.29, 0.717) is 21.8 Å². The number of allylic oxidation sites excluding steroid dienone is 1. The summed E-state index contributed by atoms with van der Waals surface area (Å²) in [6.07, 6.45) is 0.0109. The Bertz CT molecular complexity index is 3350. The van der Waals surface area contributed by atoms with Crippen LogP contribution in [0.1, 0.15) is 59.3 Å². The van der Waals surface area contributed by atoms with Gasteiger partial charge in [-0.1, -0.05) is 157 Å². The highest BCUT2D eigenvalue weighted by molar-refractivity contribution is 8.00. The van der Waals surface area contributed by atoms with Gasteiger partial charge in [-0.2, -0.15) is 5.10 Å². The monoisotopic (exact) mass is 1070 g/mol. The molecule has 20 heteroatoms. The number of carbonyl (C=O) groups excluding carboxylic acids is 3. The van der Waals surface area contributed by atoms with E-state index in [0.717, 1.165) is 21.3 Å². The van der Waals surface area contributed by atoms with Crippen LogP contribution in [0, 0.1) is 0 Å². The number of oxime groups is 1. The number of hydrogen-bond donors (Lipinski definition) is 4. The van der Waals surface area contributed by atoms with Crippen LogP contribution in [-0.4, -0.2) is 90.9 Å². The van der Waals surface area contributed by atoms with Crippen molar-refractivity contribution in [3.63, 3.8) is 0 Å². The van der Waals surface area contributed by atoms with Crippen molar-refractivity contribution in [3.05, 3.63) is 234 Å². The van der Waals surface area contributed by atoms with Crippen molar-refractivity contribution in [1.82, 2.24) is 30.0 Å². The third-order valence-electron chi connectivity index (χ3n) is 12.9. The number of nitrogens with one attached hydrogen (secondary N) is 3. The number of thioether (sulfide) groups is 1. The van der Waals surface area contributed by atoms with Crippen molar-refractivity contribution in [2.24, 2.45) is 5.16 Å². The van der Waals surface area contributed by atoms with E-state index in [1.165, 1.54) is 41.2 Å². The number of thiol groups is 1. The van der Waals surface area contributed by atoms with Gasteiger partial charge in [0, 0.05) is 16.0 Å². The van der Waals surface area contributed by atoms with Crippen molar-refractivity contribution >= 4 is 69.3 Å². The van der Waals surface area contributed by atoms with Crippen molar-refractivity contribution < 1.29 is 33.4 Å². The molecule has 3 unspecified atom stereocenters. The van der Waals surface area contributed by atoms with Gasteiger partial charge in [-0.15, -0.1) is 35.7 Å². The number of carbonyl (C=O) groups is 3. The van der Waals surface area contributed by atoms with E-state index in [4.69, 9.17) is 36.7 Å². The molecule has 17 nitrogen and oxygen atoms in total. The third kappa shape index (κ3) is 10.4. The Balaban J connectivity index is 0.964. The van der Waals surface area contributed by atoms with Crippen molar-refractivity contribution in [1.29, 1.82) is 0 Å². The predicted octanol–water partition coefficient (Wildman–Crippen LogP) is 7.25. The molecule has 0 radical (unpaired) electrons. The first kappa shape index (κ1) is 51.6. The van der Waals surface area contributed by atoms with Crippen LogP contribution >= 0.6 is 35.7 Å². The highest BCUT2D eigenvalue weighted by atomic mass is 32.2. The molecule has 2 saturated heterocycles.